The lowest BCUT2D eigenvalue weighted by Crippen LogP contribution is -2.45. The fraction of sp³-hybridized carbons (Fsp3) is 0.588. The first-order chi connectivity index (χ1) is 14.0. The van der Waals surface area contributed by atoms with E-state index in [1.165, 1.54) is 23.5 Å². The van der Waals surface area contributed by atoms with Crippen LogP contribution in [0.4, 0.5) is 5.13 Å². The fourth-order valence-corrected chi connectivity index (χ4v) is 3.62. The van der Waals surface area contributed by atoms with Crippen LogP contribution in [0.25, 0.3) is 0 Å². The van der Waals surface area contributed by atoms with Crippen LogP contribution in [-0.4, -0.2) is 77.3 Å². The summed E-state index contributed by atoms with van der Waals surface area (Å²) >= 11 is 1.28. The number of hydrogen-bond acceptors (Lipinski definition) is 9. The second-order valence-electron chi connectivity index (χ2n) is 6.55. The van der Waals surface area contributed by atoms with Gasteiger partial charge in [0.15, 0.2) is 0 Å². The van der Waals surface area contributed by atoms with Gasteiger partial charge in [-0.25, -0.2) is 4.98 Å². The van der Waals surface area contributed by atoms with Gasteiger partial charge in [0.2, 0.25) is 16.8 Å². The Morgan fingerprint density at radius 1 is 1.31 bits per heavy atom. The molecule has 29 heavy (non-hydrogen) atoms. The number of anilines is 1. The van der Waals surface area contributed by atoms with E-state index in [0.29, 0.717) is 45.0 Å². The van der Waals surface area contributed by atoms with E-state index < -0.39 is 11.5 Å². The minimum Gasteiger partial charge on any atom is -0.384 e. The Balaban J connectivity index is 1.74. The van der Waals surface area contributed by atoms with E-state index >= 15 is 0 Å². The molecule has 3 rings (SSSR count). The van der Waals surface area contributed by atoms with Gasteiger partial charge in [0, 0.05) is 71.3 Å². The molecule has 0 unspecified atom stereocenters. The van der Waals surface area contributed by atoms with Crippen LogP contribution in [0, 0.1) is 0 Å². The highest BCUT2D eigenvalue weighted by Gasteiger charge is 2.24. The molecule has 1 saturated heterocycles. The zero-order valence-electron chi connectivity index (χ0n) is 16.4. The van der Waals surface area contributed by atoms with Gasteiger partial charge in [0.05, 0.1) is 12.7 Å². The fourth-order valence-electron chi connectivity index (χ4n) is 2.86. The van der Waals surface area contributed by atoms with Crippen LogP contribution in [0.15, 0.2) is 15.4 Å². The van der Waals surface area contributed by atoms with Crippen LogP contribution in [0.3, 0.4) is 0 Å². The maximum Gasteiger partial charge on any atom is 0.292 e. The van der Waals surface area contributed by atoms with Crippen molar-refractivity contribution < 1.29 is 18.8 Å². The molecular formula is C17H24N6O5S. The summed E-state index contributed by atoms with van der Waals surface area (Å²) in [5, 5.41) is 3.57. The summed E-state index contributed by atoms with van der Waals surface area (Å²) in [5.74, 6) is 0.0949. The van der Waals surface area contributed by atoms with E-state index in [9.17, 15) is 14.4 Å². The normalized spacial score (nSPS) is 16.0. The number of nitrogens with zero attached hydrogens (tertiary/aromatic N) is 5. The first-order valence-corrected chi connectivity index (χ1v) is 10.0. The van der Waals surface area contributed by atoms with Crippen molar-refractivity contribution in [3.63, 3.8) is 0 Å². The van der Waals surface area contributed by atoms with Crippen LogP contribution in [0.5, 0.6) is 0 Å². The van der Waals surface area contributed by atoms with Gasteiger partial charge in [-0.3, -0.25) is 14.4 Å². The Kier molecular flexibility index (Phi) is 6.99. The van der Waals surface area contributed by atoms with Crippen LogP contribution < -0.4 is 15.8 Å². The summed E-state index contributed by atoms with van der Waals surface area (Å²) < 4.78 is 15.6. The predicted molar refractivity (Wildman–Crippen MR) is 105 cm³/mol. The number of carbonyl (C=O) groups excluding carboxylic acids is 2. The molecule has 3 heterocycles. The quantitative estimate of drug-likeness (QED) is 0.681. The molecule has 2 aromatic heterocycles. The number of rotatable bonds is 5. The van der Waals surface area contributed by atoms with Crippen molar-refractivity contribution in [1.29, 1.82) is 0 Å². The highest BCUT2D eigenvalue weighted by molar-refractivity contribution is 7.09. The van der Waals surface area contributed by atoms with Gasteiger partial charge < -0.3 is 24.4 Å². The molecular weight excluding hydrogens is 400 g/mol. The Bertz CT molecular complexity index is 906. The predicted octanol–water partition coefficient (Wildman–Crippen LogP) is -0.513. The summed E-state index contributed by atoms with van der Waals surface area (Å²) in [4.78, 5) is 44.5. The van der Waals surface area contributed by atoms with E-state index in [-0.39, 0.29) is 24.6 Å². The standard InChI is InChI=1S/C17H24N6O5S/c1-21-15(25)11-12(28-21)16(26)22-6-3-14(24)18-5-7-23(9-8-22)17-19-13(20-29-17)4-10-27-2/h11H,3-10H2,1-2H3,(H,18,24). The molecule has 0 bridgehead atoms. The lowest BCUT2D eigenvalue weighted by molar-refractivity contribution is -0.121. The third-order valence-corrected chi connectivity index (χ3v) is 5.32. The molecule has 0 aromatic carbocycles. The largest absolute Gasteiger partial charge is 0.384 e. The van der Waals surface area contributed by atoms with Gasteiger partial charge in [0.25, 0.3) is 11.5 Å². The number of methoxy groups -OCH3 is 1. The van der Waals surface area contributed by atoms with Gasteiger partial charge in [-0.05, 0) is 0 Å². The zero-order chi connectivity index (χ0) is 20.8. The lowest BCUT2D eigenvalue weighted by Gasteiger charge is -2.28. The molecule has 12 heteroatoms. The van der Waals surface area contributed by atoms with Crippen molar-refractivity contribution in [1.82, 2.24) is 24.3 Å². The molecule has 1 aliphatic rings. The van der Waals surface area contributed by atoms with E-state index in [4.69, 9.17) is 9.26 Å². The number of aromatic nitrogens is 3. The van der Waals surface area contributed by atoms with Crippen molar-refractivity contribution >= 4 is 28.5 Å². The van der Waals surface area contributed by atoms with Gasteiger partial charge >= 0.3 is 0 Å². The molecule has 0 atom stereocenters. The van der Waals surface area contributed by atoms with Crippen molar-refractivity contribution in [3.8, 4) is 0 Å². The number of ether oxygens (including phenoxy) is 1. The average molecular weight is 424 g/mol. The first-order valence-electron chi connectivity index (χ1n) is 9.27. The van der Waals surface area contributed by atoms with E-state index in [1.54, 1.807) is 7.11 Å². The maximum absolute atomic E-state index is 12.8. The summed E-state index contributed by atoms with van der Waals surface area (Å²) in [6.45, 7) is 2.67. The number of hydrogen-bond donors (Lipinski definition) is 1. The van der Waals surface area contributed by atoms with Gasteiger partial charge in [-0.2, -0.15) is 9.11 Å². The highest BCUT2D eigenvalue weighted by Crippen LogP contribution is 2.18. The van der Waals surface area contributed by atoms with Crippen molar-refractivity contribution in [3.05, 3.63) is 28.0 Å². The lowest BCUT2D eigenvalue weighted by atomic mass is 10.3. The van der Waals surface area contributed by atoms with Gasteiger partial charge in [0.1, 0.15) is 5.82 Å². The molecule has 1 aliphatic heterocycles. The second-order valence-corrected chi connectivity index (χ2v) is 7.28. The number of amides is 2. The summed E-state index contributed by atoms with van der Waals surface area (Å²) in [5.41, 5.74) is -0.397. The third-order valence-electron chi connectivity index (χ3n) is 4.51. The molecule has 0 radical (unpaired) electrons. The number of carbonyl (C=O) groups is 2. The second kappa shape index (κ2) is 9.65. The molecule has 1 N–H and O–H groups in total. The van der Waals surface area contributed by atoms with Crippen LogP contribution in [-0.2, 0) is 23.0 Å². The minimum atomic E-state index is -0.422. The Morgan fingerprint density at radius 3 is 2.86 bits per heavy atom. The summed E-state index contributed by atoms with van der Waals surface area (Å²) in [6.07, 6.45) is 0.804. The van der Waals surface area contributed by atoms with E-state index in [2.05, 4.69) is 14.7 Å². The maximum atomic E-state index is 12.8. The van der Waals surface area contributed by atoms with Gasteiger partial charge in [-0.1, -0.05) is 0 Å². The van der Waals surface area contributed by atoms with Crippen molar-refractivity contribution in [2.75, 3.05) is 51.3 Å². The number of aryl methyl sites for hydroxylation is 1. The molecule has 0 saturated carbocycles. The molecule has 2 aromatic rings. The Labute approximate surface area is 171 Å². The van der Waals surface area contributed by atoms with Crippen LogP contribution >= 0.6 is 11.5 Å². The monoisotopic (exact) mass is 424 g/mol. The topological polar surface area (TPSA) is 123 Å². The van der Waals surface area contributed by atoms with Crippen molar-refractivity contribution in [2.24, 2.45) is 7.05 Å². The number of nitrogens with one attached hydrogen (secondary N) is 1. The molecule has 2 amide bonds. The Morgan fingerprint density at radius 2 is 2.14 bits per heavy atom. The molecule has 1 fully saturated rings. The molecule has 0 aliphatic carbocycles. The zero-order valence-corrected chi connectivity index (χ0v) is 17.2. The summed E-state index contributed by atoms with van der Waals surface area (Å²) in [7, 11) is 3.06. The van der Waals surface area contributed by atoms with Crippen LogP contribution in [0.1, 0.15) is 22.8 Å². The van der Waals surface area contributed by atoms with E-state index in [1.807, 2.05) is 4.90 Å². The van der Waals surface area contributed by atoms with Gasteiger partial charge in [-0.15, -0.1) is 0 Å². The molecule has 0 spiro atoms. The molecule has 11 nitrogen and oxygen atoms in total. The smallest absolute Gasteiger partial charge is 0.292 e. The highest BCUT2D eigenvalue weighted by atomic mass is 32.1. The first kappa shape index (κ1) is 21.0. The third kappa shape index (κ3) is 5.41. The molecule has 158 valence electrons. The SMILES string of the molecule is COCCc1nsc(N2CCNC(=O)CCN(C(=O)c3cc(=O)n(C)o3)CC2)n1. The summed E-state index contributed by atoms with van der Waals surface area (Å²) in [6, 6.07) is 1.16. The minimum absolute atomic E-state index is 0.0423. The van der Waals surface area contributed by atoms with Crippen molar-refractivity contribution in [2.45, 2.75) is 12.8 Å². The average Bonchev–Trinajstić information content (AvgIpc) is 3.31. The van der Waals surface area contributed by atoms with Crippen LogP contribution in [0.2, 0.25) is 0 Å². The van der Waals surface area contributed by atoms with E-state index in [0.717, 1.165) is 15.9 Å². The Hall–Kier alpha value is -2.73.